The number of rotatable bonds is 7. The largest absolute Gasteiger partial charge is 0.488 e. The fourth-order valence-corrected chi connectivity index (χ4v) is 3.80. The summed E-state index contributed by atoms with van der Waals surface area (Å²) in [5, 5.41) is 14.1. The van der Waals surface area contributed by atoms with Gasteiger partial charge in [0.25, 0.3) is 0 Å². The van der Waals surface area contributed by atoms with Gasteiger partial charge in [0.1, 0.15) is 41.4 Å². The summed E-state index contributed by atoms with van der Waals surface area (Å²) in [6, 6.07) is 8.94. The van der Waals surface area contributed by atoms with Crippen LogP contribution in [-0.2, 0) is 10.9 Å². The van der Waals surface area contributed by atoms with Crippen LogP contribution < -0.4 is 10.1 Å². The summed E-state index contributed by atoms with van der Waals surface area (Å²) in [5.41, 5.74) is 1.14. The first-order chi connectivity index (χ1) is 17.6. The quantitative estimate of drug-likeness (QED) is 0.346. The maximum absolute atomic E-state index is 13.5. The molecule has 2 aromatic carbocycles. The molecule has 0 saturated carbocycles. The highest BCUT2D eigenvalue weighted by Gasteiger charge is 2.37. The maximum atomic E-state index is 13.5. The minimum absolute atomic E-state index is 0.0268. The lowest BCUT2D eigenvalue weighted by atomic mass is 10.0. The molecule has 2 aromatic heterocycles. The number of ether oxygens (including phenoxy) is 2. The summed E-state index contributed by atoms with van der Waals surface area (Å²) in [6.45, 7) is 2.00. The summed E-state index contributed by atoms with van der Waals surface area (Å²) >= 11 is 0. The molecule has 0 spiro atoms. The normalized spacial score (nSPS) is 15.7. The molecule has 8 nitrogen and oxygen atoms in total. The third-order valence-electron chi connectivity index (χ3n) is 5.90. The molecule has 0 aliphatic carbocycles. The molecule has 12 heteroatoms. The second-order valence-corrected chi connectivity index (χ2v) is 8.81. The van der Waals surface area contributed by atoms with Crippen molar-refractivity contribution in [3.8, 4) is 16.9 Å². The van der Waals surface area contributed by atoms with Gasteiger partial charge in [0.15, 0.2) is 0 Å². The number of benzene rings is 2. The summed E-state index contributed by atoms with van der Waals surface area (Å²) in [6.07, 6.45) is -1.09. The Morgan fingerprint density at radius 1 is 1.05 bits per heavy atom. The number of hydrogen-bond acceptors (Lipinski definition) is 8. The average molecular weight is 515 g/mol. The molecule has 3 heterocycles. The number of aliphatic hydroxyl groups is 1. The molecule has 1 atom stereocenters. The van der Waals surface area contributed by atoms with E-state index < -0.39 is 23.6 Å². The van der Waals surface area contributed by atoms with Crippen LogP contribution in [0.25, 0.3) is 22.0 Å². The standard InChI is InChI=1S/C25H21F4N5O3/c1-14(17-8-30-23(31-9-17)25(27,28)29)34-22-19-6-16(15-2-4-18(26)5-3-15)7-20(21(19)32-13-33-22)37-12-24(35)10-36-11-24/h2-9,13-14,35H,10-12H2,1H3,(H,32,33,34)/t14-/m1/s1. The average Bonchev–Trinajstić information content (AvgIpc) is 2.86. The molecular weight excluding hydrogens is 494 g/mol. The minimum atomic E-state index is -4.63. The molecule has 0 unspecified atom stereocenters. The molecule has 1 aliphatic rings. The van der Waals surface area contributed by atoms with Crippen molar-refractivity contribution in [3.63, 3.8) is 0 Å². The van der Waals surface area contributed by atoms with Crippen LogP contribution in [0.2, 0.25) is 0 Å². The second kappa shape index (κ2) is 9.52. The maximum Gasteiger partial charge on any atom is 0.451 e. The lowest BCUT2D eigenvalue weighted by Crippen LogP contribution is -2.53. The van der Waals surface area contributed by atoms with Crippen molar-refractivity contribution in [1.82, 2.24) is 19.9 Å². The zero-order valence-corrected chi connectivity index (χ0v) is 19.5. The van der Waals surface area contributed by atoms with Gasteiger partial charge in [-0.25, -0.2) is 24.3 Å². The van der Waals surface area contributed by atoms with Gasteiger partial charge in [0.05, 0.1) is 19.3 Å². The molecule has 0 amide bonds. The van der Waals surface area contributed by atoms with Crippen LogP contribution in [0.15, 0.2) is 55.1 Å². The molecule has 1 aliphatic heterocycles. The van der Waals surface area contributed by atoms with Gasteiger partial charge < -0.3 is 19.9 Å². The number of alkyl halides is 3. The first-order valence-electron chi connectivity index (χ1n) is 11.2. The number of nitrogens with zero attached hydrogens (tertiary/aromatic N) is 4. The van der Waals surface area contributed by atoms with Gasteiger partial charge in [-0.15, -0.1) is 0 Å². The molecule has 0 radical (unpaired) electrons. The predicted molar refractivity (Wildman–Crippen MR) is 125 cm³/mol. The number of fused-ring (bicyclic) bond motifs is 1. The summed E-state index contributed by atoms with van der Waals surface area (Å²) in [5.74, 6) is -0.850. The third-order valence-corrected chi connectivity index (χ3v) is 5.90. The summed E-state index contributed by atoms with van der Waals surface area (Å²) in [4.78, 5) is 15.5. The zero-order chi connectivity index (χ0) is 26.2. The monoisotopic (exact) mass is 515 g/mol. The van der Waals surface area contributed by atoms with Crippen LogP contribution in [0.3, 0.4) is 0 Å². The number of hydrogen-bond donors (Lipinski definition) is 2. The van der Waals surface area contributed by atoms with Crippen molar-refractivity contribution < 1.29 is 32.1 Å². The SMILES string of the molecule is C[C@@H](Nc1ncnc2c(OCC3(O)COC3)cc(-c3ccc(F)cc3)cc12)c1cnc(C(F)(F)F)nc1. The minimum Gasteiger partial charge on any atom is -0.488 e. The Bertz CT molecular complexity index is 1410. The number of anilines is 1. The molecule has 0 bridgehead atoms. The van der Waals surface area contributed by atoms with Gasteiger partial charge in [-0.3, -0.25) is 0 Å². The number of halogens is 4. The second-order valence-electron chi connectivity index (χ2n) is 8.81. The topological polar surface area (TPSA) is 102 Å². The number of aromatic nitrogens is 4. The van der Waals surface area contributed by atoms with E-state index in [1.165, 1.54) is 18.5 Å². The first kappa shape index (κ1) is 24.8. The highest BCUT2D eigenvalue weighted by atomic mass is 19.4. The van der Waals surface area contributed by atoms with Gasteiger partial charge in [-0.1, -0.05) is 12.1 Å². The van der Waals surface area contributed by atoms with Crippen LogP contribution in [-0.4, -0.2) is 50.5 Å². The van der Waals surface area contributed by atoms with Crippen molar-refractivity contribution in [2.24, 2.45) is 0 Å². The Morgan fingerprint density at radius 2 is 1.76 bits per heavy atom. The van der Waals surface area contributed by atoms with Gasteiger partial charge >= 0.3 is 6.18 Å². The van der Waals surface area contributed by atoms with E-state index in [-0.39, 0.29) is 25.6 Å². The van der Waals surface area contributed by atoms with Gasteiger partial charge in [-0.05, 0) is 42.3 Å². The molecule has 37 heavy (non-hydrogen) atoms. The van der Waals surface area contributed by atoms with E-state index >= 15 is 0 Å². The van der Waals surface area contributed by atoms with Crippen LogP contribution in [0.1, 0.15) is 24.4 Å². The van der Waals surface area contributed by atoms with E-state index in [0.29, 0.717) is 39.2 Å². The fraction of sp³-hybridized carbons (Fsp3) is 0.280. The van der Waals surface area contributed by atoms with E-state index in [1.54, 1.807) is 31.2 Å². The Balaban J connectivity index is 1.51. The van der Waals surface area contributed by atoms with E-state index in [2.05, 4.69) is 25.3 Å². The van der Waals surface area contributed by atoms with Gasteiger partial charge in [-0.2, -0.15) is 13.2 Å². The van der Waals surface area contributed by atoms with Crippen molar-refractivity contribution in [1.29, 1.82) is 0 Å². The Kier molecular flexibility index (Phi) is 6.38. The highest BCUT2D eigenvalue weighted by Crippen LogP contribution is 2.36. The Morgan fingerprint density at radius 3 is 2.38 bits per heavy atom. The predicted octanol–water partition coefficient (Wildman–Crippen LogP) is 4.56. The molecule has 5 rings (SSSR count). The van der Waals surface area contributed by atoms with Crippen LogP contribution in [0, 0.1) is 5.82 Å². The van der Waals surface area contributed by atoms with E-state index in [1.807, 2.05) is 0 Å². The Labute approximate surface area is 208 Å². The Hall–Kier alpha value is -3.90. The van der Waals surface area contributed by atoms with Crippen molar-refractivity contribution in [2.45, 2.75) is 24.7 Å². The van der Waals surface area contributed by atoms with Crippen molar-refractivity contribution >= 4 is 16.7 Å². The molecule has 2 N–H and O–H groups in total. The molecule has 192 valence electrons. The fourth-order valence-electron chi connectivity index (χ4n) is 3.80. The molecule has 1 saturated heterocycles. The molecular formula is C25H21F4N5O3. The highest BCUT2D eigenvalue weighted by molar-refractivity contribution is 5.96. The first-order valence-corrected chi connectivity index (χ1v) is 11.2. The van der Waals surface area contributed by atoms with Crippen LogP contribution >= 0.6 is 0 Å². The van der Waals surface area contributed by atoms with E-state index in [4.69, 9.17) is 9.47 Å². The zero-order valence-electron chi connectivity index (χ0n) is 19.5. The van der Waals surface area contributed by atoms with Gasteiger partial charge in [0, 0.05) is 23.3 Å². The van der Waals surface area contributed by atoms with Crippen LogP contribution in [0.4, 0.5) is 23.4 Å². The summed E-state index contributed by atoms with van der Waals surface area (Å²) < 4.78 is 63.0. The lowest BCUT2D eigenvalue weighted by Gasteiger charge is -2.35. The molecule has 4 aromatic rings. The van der Waals surface area contributed by atoms with Crippen LogP contribution in [0.5, 0.6) is 5.75 Å². The molecule has 1 fully saturated rings. The van der Waals surface area contributed by atoms with E-state index in [9.17, 15) is 22.7 Å². The lowest BCUT2D eigenvalue weighted by molar-refractivity contribution is -0.191. The third kappa shape index (κ3) is 5.30. The summed E-state index contributed by atoms with van der Waals surface area (Å²) in [7, 11) is 0. The van der Waals surface area contributed by atoms with Crippen molar-refractivity contribution in [3.05, 3.63) is 72.3 Å². The van der Waals surface area contributed by atoms with Gasteiger partial charge in [0.2, 0.25) is 5.82 Å². The van der Waals surface area contributed by atoms with E-state index in [0.717, 1.165) is 12.4 Å². The van der Waals surface area contributed by atoms with Crippen molar-refractivity contribution in [2.75, 3.05) is 25.1 Å². The number of nitrogens with one attached hydrogen (secondary N) is 1. The smallest absolute Gasteiger partial charge is 0.451 e.